The second-order valence-electron chi connectivity index (χ2n) is 5.06. The van der Waals surface area contributed by atoms with Gasteiger partial charge < -0.3 is 25.4 Å². The average molecular weight is 293 g/mol. The standard InChI is InChI=1S/C15H23N3O3/c1-3-21-15(19)18-8-6-11(7-9-18)17-14-10-12(20-2)4-5-13(14)16/h4-5,10-11,17H,3,6-9,16H2,1-2H3. The quantitative estimate of drug-likeness (QED) is 0.833. The highest BCUT2D eigenvalue weighted by Gasteiger charge is 2.23. The van der Waals surface area contributed by atoms with Crippen LogP contribution in [-0.4, -0.2) is 43.8 Å². The van der Waals surface area contributed by atoms with Gasteiger partial charge in [0.2, 0.25) is 0 Å². The fourth-order valence-electron chi connectivity index (χ4n) is 2.43. The lowest BCUT2D eigenvalue weighted by atomic mass is 10.0. The molecule has 1 fully saturated rings. The Balaban J connectivity index is 1.90. The number of amides is 1. The Morgan fingerprint density at radius 1 is 1.43 bits per heavy atom. The van der Waals surface area contributed by atoms with Gasteiger partial charge in [0.25, 0.3) is 0 Å². The van der Waals surface area contributed by atoms with Gasteiger partial charge in [-0.2, -0.15) is 0 Å². The lowest BCUT2D eigenvalue weighted by molar-refractivity contribution is 0.0983. The van der Waals surface area contributed by atoms with Crippen LogP contribution in [-0.2, 0) is 4.74 Å². The molecule has 6 nitrogen and oxygen atoms in total. The predicted molar refractivity (Wildman–Crippen MR) is 82.6 cm³/mol. The molecular formula is C15H23N3O3. The van der Waals surface area contributed by atoms with E-state index in [2.05, 4.69) is 5.32 Å². The normalized spacial score (nSPS) is 15.6. The highest BCUT2D eigenvalue weighted by Crippen LogP contribution is 2.26. The molecule has 0 aromatic heterocycles. The molecule has 1 heterocycles. The van der Waals surface area contributed by atoms with Crippen LogP contribution in [0, 0.1) is 0 Å². The van der Waals surface area contributed by atoms with Crippen molar-refractivity contribution in [3.8, 4) is 5.75 Å². The third-order valence-corrected chi connectivity index (χ3v) is 3.64. The molecule has 116 valence electrons. The zero-order chi connectivity index (χ0) is 15.2. The Kier molecular flexibility index (Phi) is 5.14. The van der Waals surface area contributed by atoms with Crippen LogP contribution in [0.2, 0.25) is 0 Å². The number of nitrogens with zero attached hydrogens (tertiary/aromatic N) is 1. The summed E-state index contributed by atoms with van der Waals surface area (Å²) in [4.78, 5) is 13.4. The molecule has 1 amide bonds. The molecule has 0 radical (unpaired) electrons. The summed E-state index contributed by atoms with van der Waals surface area (Å²) in [5.41, 5.74) is 7.55. The van der Waals surface area contributed by atoms with Crippen molar-refractivity contribution in [3.63, 3.8) is 0 Å². The highest BCUT2D eigenvalue weighted by atomic mass is 16.6. The fraction of sp³-hybridized carbons (Fsp3) is 0.533. The molecule has 1 aliphatic heterocycles. The summed E-state index contributed by atoms with van der Waals surface area (Å²) in [6.45, 7) is 3.62. The highest BCUT2D eigenvalue weighted by molar-refractivity contribution is 5.69. The molecule has 1 aliphatic rings. The van der Waals surface area contributed by atoms with Crippen molar-refractivity contribution in [2.75, 3.05) is 37.9 Å². The first kappa shape index (κ1) is 15.3. The minimum Gasteiger partial charge on any atom is -0.497 e. The summed E-state index contributed by atoms with van der Waals surface area (Å²) in [7, 11) is 1.63. The largest absolute Gasteiger partial charge is 0.497 e. The van der Waals surface area contributed by atoms with E-state index in [1.54, 1.807) is 12.0 Å². The number of nitrogens with one attached hydrogen (secondary N) is 1. The summed E-state index contributed by atoms with van der Waals surface area (Å²) in [6.07, 6.45) is 1.52. The number of hydrogen-bond acceptors (Lipinski definition) is 5. The van der Waals surface area contributed by atoms with Crippen molar-refractivity contribution >= 4 is 17.5 Å². The number of likely N-dealkylation sites (tertiary alicyclic amines) is 1. The van der Waals surface area contributed by atoms with E-state index in [4.69, 9.17) is 15.2 Å². The van der Waals surface area contributed by atoms with Gasteiger partial charge in [-0.05, 0) is 31.9 Å². The molecular weight excluding hydrogens is 270 g/mol. The van der Waals surface area contributed by atoms with Crippen LogP contribution in [0.3, 0.4) is 0 Å². The van der Waals surface area contributed by atoms with Gasteiger partial charge in [-0.1, -0.05) is 0 Å². The molecule has 0 bridgehead atoms. The van der Waals surface area contributed by atoms with E-state index in [0.29, 0.717) is 31.4 Å². The van der Waals surface area contributed by atoms with Crippen molar-refractivity contribution in [2.24, 2.45) is 0 Å². The van der Waals surface area contributed by atoms with E-state index in [9.17, 15) is 4.79 Å². The van der Waals surface area contributed by atoms with Gasteiger partial charge >= 0.3 is 6.09 Å². The van der Waals surface area contributed by atoms with Gasteiger partial charge in [0.15, 0.2) is 0 Å². The maximum absolute atomic E-state index is 11.6. The van der Waals surface area contributed by atoms with Gasteiger partial charge in [0, 0.05) is 25.2 Å². The molecule has 0 aliphatic carbocycles. The van der Waals surface area contributed by atoms with E-state index < -0.39 is 0 Å². The average Bonchev–Trinajstić information content (AvgIpc) is 2.50. The van der Waals surface area contributed by atoms with Crippen LogP contribution in [0.25, 0.3) is 0 Å². The zero-order valence-electron chi connectivity index (χ0n) is 12.6. The SMILES string of the molecule is CCOC(=O)N1CCC(Nc2cc(OC)ccc2N)CC1. The number of nitrogens with two attached hydrogens (primary N) is 1. The third-order valence-electron chi connectivity index (χ3n) is 3.64. The van der Waals surface area contributed by atoms with Crippen LogP contribution in [0.1, 0.15) is 19.8 Å². The van der Waals surface area contributed by atoms with E-state index in [1.807, 2.05) is 25.1 Å². The Bertz CT molecular complexity index is 485. The lowest BCUT2D eigenvalue weighted by Crippen LogP contribution is -2.42. The molecule has 0 saturated carbocycles. The monoisotopic (exact) mass is 293 g/mol. The van der Waals surface area contributed by atoms with Crippen LogP contribution in [0.4, 0.5) is 16.2 Å². The molecule has 1 saturated heterocycles. The predicted octanol–water partition coefficient (Wildman–Crippen LogP) is 2.31. The Labute approximate surface area is 125 Å². The summed E-state index contributed by atoms with van der Waals surface area (Å²) >= 11 is 0. The molecule has 2 rings (SSSR count). The van der Waals surface area contributed by atoms with Crippen molar-refractivity contribution in [3.05, 3.63) is 18.2 Å². The Hall–Kier alpha value is -2.11. The maximum atomic E-state index is 11.6. The van der Waals surface area contributed by atoms with E-state index >= 15 is 0 Å². The van der Waals surface area contributed by atoms with Gasteiger partial charge in [-0.3, -0.25) is 0 Å². The van der Waals surface area contributed by atoms with Gasteiger partial charge in [0.05, 0.1) is 25.1 Å². The van der Waals surface area contributed by atoms with Crippen LogP contribution < -0.4 is 15.8 Å². The number of piperidine rings is 1. The zero-order valence-corrected chi connectivity index (χ0v) is 12.6. The van der Waals surface area contributed by atoms with Gasteiger partial charge in [0.1, 0.15) is 5.75 Å². The second kappa shape index (κ2) is 7.06. The number of rotatable bonds is 4. The number of carbonyl (C=O) groups is 1. The van der Waals surface area contributed by atoms with E-state index in [1.165, 1.54) is 0 Å². The molecule has 21 heavy (non-hydrogen) atoms. The second-order valence-corrected chi connectivity index (χ2v) is 5.06. The van der Waals surface area contributed by atoms with Crippen LogP contribution in [0.5, 0.6) is 5.75 Å². The van der Waals surface area contributed by atoms with Crippen LogP contribution in [0.15, 0.2) is 18.2 Å². The minimum absolute atomic E-state index is 0.225. The molecule has 3 N–H and O–H groups in total. The molecule has 0 spiro atoms. The van der Waals surface area contributed by atoms with Gasteiger partial charge in [-0.25, -0.2) is 4.79 Å². The first-order valence-corrected chi connectivity index (χ1v) is 7.25. The summed E-state index contributed by atoms with van der Waals surface area (Å²) in [6, 6.07) is 5.86. The van der Waals surface area contributed by atoms with Crippen molar-refractivity contribution in [2.45, 2.75) is 25.8 Å². The Morgan fingerprint density at radius 2 is 2.14 bits per heavy atom. The summed E-state index contributed by atoms with van der Waals surface area (Å²) in [5, 5.41) is 3.43. The summed E-state index contributed by atoms with van der Waals surface area (Å²) < 4.78 is 10.2. The van der Waals surface area contributed by atoms with Crippen molar-refractivity contribution in [1.82, 2.24) is 4.90 Å². The number of anilines is 2. The van der Waals surface area contributed by atoms with Crippen molar-refractivity contribution < 1.29 is 14.3 Å². The topological polar surface area (TPSA) is 76.8 Å². The lowest BCUT2D eigenvalue weighted by Gasteiger charge is -2.32. The van der Waals surface area contributed by atoms with Crippen molar-refractivity contribution in [1.29, 1.82) is 0 Å². The molecule has 1 aromatic carbocycles. The van der Waals surface area contributed by atoms with E-state index in [0.717, 1.165) is 24.3 Å². The molecule has 6 heteroatoms. The van der Waals surface area contributed by atoms with Gasteiger partial charge in [-0.15, -0.1) is 0 Å². The number of ether oxygens (including phenoxy) is 2. The smallest absolute Gasteiger partial charge is 0.409 e. The maximum Gasteiger partial charge on any atom is 0.409 e. The molecule has 0 unspecified atom stereocenters. The van der Waals surface area contributed by atoms with E-state index in [-0.39, 0.29) is 6.09 Å². The number of hydrogen-bond donors (Lipinski definition) is 2. The Morgan fingerprint density at radius 3 is 2.76 bits per heavy atom. The number of nitrogen functional groups attached to an aromatic ring is 1. The number of methoxy groups -OCH3 is 1. The number of carbonyl (C=O) groups excluding carboxylic acids is 1. The number of benzene rings is 1. The van der Waals surface area contributed by atoms with Crippen LogP contribution >= 0.6 is 0 Å². The molecule has 1 aromatic rings. The minimum atomic E-state index is -0.225. The molecule has 0 atom stereocenters. The third kappa shape index (κ3) is 3.93. The fourth-order valence-corrected chi connectivity index (χ4v) is 2.43. The summed E-state index contributed by atoms with van der Waals surface area (Å²) in [5.74, 6) is 0.774. The first-order chi connectivity index (χ1) is 10.1. The first-order valence-electron chi connectivity index (χ1n) is 7.25.